The van der Waals surface area contributed by atoms with E-state index in [9.17, 15) is 0 Å². The quantitative estimate of drug-likeness (QED) is 0.837. The summed E-state index contributed by atoms with van der Waals surface area (Å²) in [7, 11) is 1.83. The Kier molecular flexibility index (Phi) is 5.46. The summed E-state index contributed by atoms with van der Waals surface area (Å²) in [6, 6.07) is 1.33. The van der Waals surface area contributed by atoms with Crippen LogP contribution in [0.25, 0.3) is 0 Å². The number of hydrogen-bond donors (Lipinski definition) is 1. The summed E-state index contributed by atoms with van der Waals surface area (Å²) in [5.41, 5.74) is 5.99. The van der Waals surface area contributed by atoms with Gasteiger partial charge in [-0.25, -0.2) is 0 Å². The van der Waals surface area contributed by atoms with Crippen molar-refractivity contribution in [2.45, 2.75) is 70.1 Å². The van der Waals surface area contributed by atoms with Gasteiger partial charge in [-0.05, 0) is 31.6 Å². The van der Waals surface area contributed by atoms with E-state index < -0.39 is 0 Å². The molecular formula is C15H30N2O. The van der Waals surface area contributed by atoms with Gasteiger partial charge in [0.1, 0.15) is 0 Å². The van der Waals surface area contributed by atoms with Crippen LogP contribution in [0.4, 0.5) is 0 Å². The predicted molar refractivity (Wildman–Crippen MR) is 75.6 cm³/mol. The summed E-state index contributed by atoms with van der Waals surface area (Å²) >= 11 is 0. The fourth-order valence-corrected chi connectivity index (χ4v) is 3.89. The summed E-state index contributed by atoms with van der Waals surface area (Å²) < 4.78 is 5.52. The van der Waals surface area contributed by atoms with Gasteiger partial charge in [-0.2, -0.15) is 0 Å². The Morgan fingerprint density at radius 2 is 2.06 bits per heavy atom. The molecule has 3 heteroatoms. The van der Waals surface area contributed by atoms with Crippen LogP contribution in [0.1, 0.15) is 51.9 Å². The minimum Gasteiger partial charge on any atom is -0.381 e. The van der Waals surface area contributed by atoms with Gasteiger partial charge in [0.25, 0.3) is 0 Å². The van der Waals surface area contributed by atoms with Crippen LogP contribution in [0.15, 0.2) is 0 Å². The normalized spacial score (nSPS) is 38.8. The molecule has 1 aliphatic carbocycles. The predicted octanol–water partition coefficient (Wildman–Crippen LogP) is 2.39. The maximum absolute atomic E-state index is 5.99. The lowest BCUT2D eigenvalue weighted by Crippen LogP contribution is -2.53. The van der Waals surface area contributed by atoms with E-state index in [2.05, 4.69) is 11.8 Å². The summed E-state index contributed by atoms with van der Waals surface area (Å²) in [6.07, 6.45) is 9.70. The zero-order valence-electron chi connectivity index (χ0n) is 12.1. The molecule has 2 fully saturated rings. The maximum atomic E-state index is 5.99. The van der Waals surface area contributed by atoms with Gasteiger partial charge in [0.2, 0.25) is 0 Å². The summed E-state index contributed by atoms with van der Waals surface area (Å²) in [5.74, 6) is 0.947. The number of nitrogens with two attached hydrogens (primary N) is 1. The molecule has 2 rings (SSSR count). The molecule has 0 aromatic rings. The van der Waals surface area contributed by atoms with Crippen molar-refractivity contribution in [2.24, 2.45) is 11.7 Å². The molecule has 0 aromatic carbocycles. The number of piperidine rings is 1. The van der Waals surface area contributed by atoms with E-state index in [4.69, 9.17) is 10.5 Å². The minimum atomic E-state index is 0.431. The van der Waals surface area contributed by atoms with Crippen LogP contribution in [0, 0.1) is 5.92 Å². The van der Waals surface area contributed by atoms with E-state index in [1.54, 1.807) is 0 Å². The molecule has 106 valence electrons. The van der Waals surface area contributed by atoms with Crippen LogP contribution < -0.4 is 5.73 Å². The van der Waals surface area contributed by atoms with Crippen molar-refractivity contribution in [3.05, 3.63) is 0 Å². The highest BCUT2D eigenvalue weighted by Crippen LogP contribution is 2.33. The van der Waals surface area contributed by atoms with Gasteiger partial charge in [-0.1, -0.05) is 26.2 Å². The molecule has 18 heavy (non-hydrogen) atoms. The van der Waals surface area contributed by atoms with Crippen LogP contribution >= 0.6 is 0 Å². The van der Waals surface area contributed by atoms with E-state index >= 15 is 0 Å². The topological polar surface area (TPSA) is 38.5 Å². The van der Waals surface area contributed by atoms with Crippen molar-refractivity contribution < 1.29 is 4.74 Å². The second kappa shape index (κ2) is 6.88. The molecule has 4 unspecified atom stereocenters. The van der Waals surface area contributed by atoms with E-state index in [1.807, 2.05) is 7.11 Å². The first kappa shape index (κ1) is 14.3. The lowest BCUT2D eigenvalue weighted by atomic mass is 9.82. The molecule has 1 heterocycles. The molecule has 0 bridgehead atoms. The number of likely N-dealkylation sites (tertiary alicyclic amines) is 1. The zero-order chi connectivity index (χ0) is 13.0. The van der Waals surface area contributed by atoms with Crippen LogP contribution in [-0.2, 0) is 4.74 Å². The minimum absolute atomic E-state index is 0.431. The van der Waals surface area contributed by atoms with Gasteiger partial charge in [-0.3, -0.25) is 4.90 Å². The Morgan fingerprint density at radius 3 is 2.72 bits per heavy atom. The van der Waals surface area contributed by atoms with Crippen molar-refractivity contribution in [1.82, 2.24) is 4.90 Å². The standard InChI is InChI=1S/C15H30N2O/c1-3-12-5-4-6-13(9-12)17-8-7-15(18-2)10-14(17)11-16/h12-15H,3-11,16H2,1-2H3. The van der Waals surface area contributed by atoms with Gasteiger partial charge in [-0.15, -0.1) is 0 Å². The first-order valence-corrected chi connectivity index (χ1v) is 7.77. The lowest BCUT2D eigenvalue weighted by molar-refractivity contribution is -0.0156. The number of nitrogens with zero attached hydrogens (tertiary/aromatic N) is 1. The van der Waals surface area contributed by atoms with Gasteiger partial charge in [0.15, 0.2) is 0 Å². The molecule has 1 aliphatic heterocycles. The molecule has 2 N–H and O–H groups in total. The number of rotatable bonds is 4. The molecule has 4 atom stereocenters. The molecule has 1 saturated heterocycles. The number of ether oxygens (including phenoxy) is 1. The van der Waals surface area contributed by atoms with Crippen molar-refractivity contribution in [2.75, 3.05) is 20.2 Å². The Labute approximate surface area is 112 Å². The maximum Gasteiger partial charge on any atom is 0.0599 e. The van der Waals surface area contributed by atoms with Gasteiger partial charge in [0.05, 0.1) is 6.10 Å². The zero-order valence-corrected chi connectivity index (χ0v) is 12.1. The highest BCUT2D eigenvalue weighted by atomic mass is 16.5. The smallest absolute Gasteiger partial charge is 0.0599 e. The molecule has 0 radical (unpaired) electrons. The van der Waals surface area contributed by atoms with Crippen LogP contribution in [-0.4, -0.2) is 43.3 Å². The lowest BCUT2D eigenvalue weighted by Gasteiger charge is -2.45. The molecule has 2 aliphatic rings. The third kappa shape index (κ3) is 3.25. The Morgan fingerprint density at radius 1 is 1.22 bits per heavy atom. The van der Waals surface area contributed by atoms with Crippen molar-refractivity contribution in [3.63, 3.8) is 0 Å². The third-order valence-electron chi connectivity index (χ3n) is 5.12. The fraction of sp³-hybridized carbons (Fsp3) is 1.00. The van der Waals surface area contributed by atoms with Crippen molar-refractivity contribution in [1.29, 1.82) is 0 Å². The average molecular weight is 254 g/mol. The van der Waals surface area contributed by atoms with Crippen molar-refractivity contribution >= 4 is 0 Å². The number of methoxy groups -OCH3 is 1. The highest BCUT2D eigenvalue weighted by Gasteiger charge is 2.34. The second-order valence-electron chi connectivity index (χ2n) is 6.10. The Balaban J connectivity index is 1.94. The van der Waals surface area contributed by atoms with E-state index in [1.165, 1.54) is 45.1 Å². The van der Waals surface area contributed by atoms with E-state index in [0.717, 1.165) is 24.9 Å². The highest BCUT2D eigenvalue weighted by molar-refractivity contribution is 4.89. The summed E-state index contributed by atoms with van der Waals surface area (Å²) in [5, 5.41) is 0. The number of hydrogen-bond acceptors (Lipinski definition) is 3. The fourth-order valence-electron chi connectivity index (χ4n) is 3.89. The largest absolute Gasteiger partial charge is 0.381 e. The van der Waals surface area contributed by atoms with Crippen LogP contribution in [0.5, 0.6) is 0 Å². The average Bonchev–Trinajstić information content (AvgIpc) is 2.46. The molecule has 0 aromatic heterocycles. The third-order valence-corrected chi connectivity index (χ3v) is 5.12. The van der Waals surface area contributed by atoms with E-state index in [-0.39, 0.29) is 0 Å². The molecule has 0 amide bonds. The SMILES string of the molecule is CCC1CCCC(N2CCC(OC)CC2CN)C1. The van der Waals surface area contributed by atoms with Crippen LogP contribution in [0.2, 0.25) is 0 Å². The van der Waals surface area contributed by atoms with Gasteiger partial charge < -0.3 is 10.5 Å². The first-order valence-electron chi connectivity index (χ1n) is 7.77. The summed E-state index contributed by atoms with van der Waals surface area (Å²) in [6.45, 7) is 4.30. The van der Waals surface area contributed by atoms with Crippen molar-refractivity contribution in [3.8, 4) is 0 Å². The molecular weight excluding hydrogens is 224 g/mol. The van der Waals surface area contributed by atoms with Gasteiger partial charge in [0, 0.05) is 32.3 Å². The molecule has 3 nitrogen and oxygen atoms in total. The second-order valence-corrected chi connectivity index (χ2v) is 6.10. The van der Waals surface area contributed by atoms with Crippen LogP contribution in [0.3, 0.4) is 0 Å². The Hall–Kier alpha value is -0.120. The van der Waals surface area contributed by atoms with Gasteiger partial charge >= 0.3 is 0 Å². The first-order chi connectivity index (χ1) is 8.78. The Bertz CT molecular complexity index is 247. The van der Waals surface area contributed by atoms with E-state index in [0.29, 0.717) is 12.1 Å². The summed E-state index contributed by atoms with van der Waals surface area (Å²) in [4.78, 5) is 2.71. The molecule has 0 spiro atoms. The molecule has 1 saturated carbocycles. The monoisotopic (exact) mass is 254 g/mol.